The van der Waals surface area contributed by atoms with Crippen molar-refractivity contribution in [3.8, 4) is 0 Å². The number of nitrogens with one attached hydrogen (secondary N) is 1. The van der Waals surface area contributed by atoms with E-state index in [0.29, 0.717) is 5.92 Å². The Kier molecular flexibility index (Phi) is 4.06. The van der Waals surface area contributed by atoms with Crippen LogP contribution in [0.1, 0.15) is 19.8 Å². The van der Waals surface area contributed by atoms with Gasteiger partial charge in [-0.1, -0.05) is 18.7 Å². The molecule has 0 amide bonds. The molecule has 1 heterocycles. The van der Waals surface area contributed by atoms with Gasteiger partial charge >= 0.3 is 0 Å². The number of aliphatic hydroxyl groups excluding tert-OH is 1. The van der Waals surface area contributed by atoms with E-state index in [1.807, 2.05) is 11.6 Å². The Morgan fingerprint density at radius 2 is 2.41 bits per heavy atom. The molecule has 6 heteroatoms. The van der Waals surface area contributed by atoms with E-state index >= 15 is 0 Å². The smallest absolute Gasteiger partial charge is 0.190 e. The monoisotopic (exact) mass is 256 g/mol. The molecule has 1 aromatic rings. The van der Waals surface area contributed by atoms with Gasteiger partial charge in [0.15, 0.2) is 5.16 Å². The summed E-state index contributed by atoms with van der Waals surface area (Å²) in [5.41, 5.74) is -0.147. The van der Waals surface area contributed by atoms with E-state index in [1.165, 1.54) is 12.8 Å². The van der Waals surface area contributed by atoms with Gasteiger partial charge in [-0.15, -0.1) is 10.2 Å². The average Bonchev–Trinajstić information content (AvgIpc) is 3.10. The molecule has 0 aliphatic heterocycles. The second-order valence-electron chi connectivity index (χ2n) is 4.63. The standard InChI is InChI=1S/C11H20N4OS/c1-3-12-11(6-16,9-4-5-9)7-17-10-14-13-8-15(10)2/h8-9,12,16H,3-7H2,1-2H3. The maximum atomic E-state index is 9.70. The van der Waals surface area contributed by atoms with E-state index in [9.17, 15) is 5.11 Å². The van der Waals surface area contributed by atoms with Crippen LogP contribution in [0.25, 0.3) is 0 Å². The molecule has 1 saturated carbocycles. The van der Waals surface area contributed by atoms with Gasteiger partial charge in [0.25, 0.3) is 0 Å². The number of hydrogen-bond acceptors (Lipinski definition) is 5. The summed E-state index contributed by atoms with van der Waals surface area (Å²) in [5, 5.41) is 22.0. The number of aliphatic hydroxyl groups is 1. The van der Waals surface area contributed by atoms with Crippen molar-refractivity contribution in [1.29, 1.82) is 0 Å². The van der Waals surface area contributed by atoms with Crippen LogP contribution in [-0.2, 0) is 7.05 Å². The van der Waals surface area contributed by atoms with E-state index in [0.717, 1.165) is 17.5 Å². The number of nitrogens with zero attached hydrogens (tertiary/aromatic N) is 3. The molecule has 0 bridgehead atoms. The highest BCUT2D eigenvalue weighted by atomic mass is 32.2. The normalized spacial score (nSPS) is 19.2. The van der Waals surface area contributed by atoms with Crippen LogP contribution in [0.4, 0.5) is 0 Å². The Hall–Kier alpha value is -0.590. The van der Waals surface area contributed by atoms with Crippen molar-refractivity contribution in [3.63, 3.8) is 0 Å². The number of aromatic nitrogens is 3. The Labute approximate surface area is 106 Å². The fourth-order valence-electron chi connectivity index (χ4n) is 2.13. The maximum absolute atomic E-state index is 9.70. The number of hydrogen-bond donors (Lipinski definition) is 2. The molecule has 0 saturated heterocycles. The Morgan fingerprint density at radius 1 is 1.65 bits per heavy atom. The highest BCUT2D eigenvalue weighted by Gasteiger charge is 2.44. The van der Waals surface area contributed by atoms with Crippen molar-refractivity contribution >= 4 is 11.8 Å². The second kappa shape index (κ2) is 5.37. The maximum Gasteiger partial charge on any atom is 0.190 e. The van der Waals surface area contributed by atoms with Crippen LogP contribution in [0.3, 0.4) is 0 Å². The van der Waals surface area contributed by atoms with Crippen LogP contribution in [0, 0.1) is 5.92 Å². The zero-order valence-electron chi connectivity index (χ0n) is 10.4. The van der Waals surface area contributed by atoms with Crippen molar-refractivity contribution in [1.82, 2.24) is 20.1 Å². The molecule has 1 fully saturated rings. The summed E-state index contributed by atoms with van der Waals surface area (Å²) in [6.07, 6.45) is 4.13. The third-order valence-corrected chi connectivity index (χ3v) is 4.59. The van der Waals surface area contributed by atoms with Crippen molar-refractivity contribution < 1.29 is 5.11 Å². The zero-order chi connectivity index (χ0) is 12.3. The van der Waals surface area contributed by atoms with Crippen LogP contribution in [0.5, 0.6) is 0 Å². The predicted molar refractivity (Wildman–Crippen MR) is 67.9 cm³/mol. The fraction of sp³-hybridized carbons (Fsp3) is 0.818. The highest BCUT2D eigenvalue weighted by Crippen LogP contribution is 2.41. The molecular formula is C11H20N4OS. The molecule has 2 N–H and O–H groups in total. The van der Waals surface area contributed by atoms with Gasteiger partial charge in [-0.2, -0.15) is 0 Å². The molecular weight excluding hydrogens is 236 g/mol. The lowest BCUT2D eigenvalue weighted by atomic mass is 9.97. The molecule has 2 rings (SSSR count). The van der Waals surface area contributed by atoms with E-state index in [4.69, 9.17) is 0 Å². The number of thioether (sulfide) groups is 1. The quantitative estimate of drug-likeness (QED) is 0.702. The van der Waals surface area contributed by atoms with E-state index in [2.05, 4.69) is 22.4 Å². The van der Waals surface area contributed by atoms with Gasteiger partial charge in [-0.3, -0.25) is 0 Å². The lowest BCUT2D eigenvalue weighted by molar-refractivity contribution is 0.161. The minimum atomic E-state index is -0.147. The molecule has 1 aliphatic rings. The second-order valence-corrected chi connectivity index (χ2v) is 5.57. The van der Waals surface area contributed by atoms with E-state index in [1.54, 1.807) is 18.1 Å². The first kappa shape index (κ1) is 12.9. The first-order chi connectivity index (χ1) is 8.22. The molecule has 17 heavy (non-hydrogen) atoms. The van der Waals surface area contributed by atoms with Gasteiger partial charge in [0.1, 0.15) is 6.33 Å². The van der Waals surface area contributed by atoms with Crippen LogP contribution in [0.15, 0.2) is 11.5 Å². The van der Waals surface area contributed by atoms with Crippen molar-refractivity contribution in [2.45, 2.75) is 30.5 Å². The van der Waals surface area contributed by atoms with Gasteiger partial charge in [0, 0.05) is 12.8 Å². The molecule has 0 aromatic carbocycles. The number of likely N-dealkylation sites (N-methyl/N-ethyl adjacent to an activating group) is 1. The minimum Gasteiger partial charge on any atom is -0.394 e. The van der Waals surface area contributed by atoms with Gasteiger partial charge in [-0.25, -0.2) is 0 Å². The van der Waals surface area contributed by atoms with Gasteiger partial charge in [0.2, 0.25) is 0 Å². The summed E-state index contributed by atoms with van der Waals surface area (Å²) in [7, 11) is 1.94. The first-order valence-corrected chi connectivity index (χ1v) is 7.03. The minimum absolute atomic E-state index is 0.147. The summed E-state index contributed by atoms with van der Waals surface area (Å²) >= 11 is 1.66. The van der Waals surface area contributed by atoms with Crippen molar-refractivity contribution in [2.75, 3.05) is 18.9 Å². The molecule has 5 nitrogen and oxygen atoms in total. The van der Waals surface area contributed by atoms with Crippen LogP contribution in [0.2, 0.25) is 0 Å². The number of aryl methyl sites for hydroxylation is 1. The zero-order valence-corrected chi connectivity index (χ0v) is 11.2. The van der Waals surface area contributed by atoms with Crippen LogP contribution < -0.4 is 5.32 Å². The van der Waals surface area contributed by atoms with Crippen LogP contribution >= 0.6 is 11.8 Å². The van der Waals surface area contributed by atoms with Crippen molar-refractivity contribution in [3.05, 3.63) is 6.33 Å². The molecule has 1 aromatic heterocycles. The predicted octanol–water partition coefficient (Wildman–Crippen LogP) is 0.658. The van der Waals surface area contributed by atoms with Crippen molar-refractivity contribution in [2.24, 2.45) is 13.0 Å². The van der Waals surface area contributed by atoms with Gasteiger partial charge < -0.3 is 15.0 Å². The molecule has 1 atom stereocenters. The lowest BCUT2D eigenvalue weighted by Crippen LogP contribution is -2.52. The molecule has 1 aliphatic carbocycles. The molecule has 0 spiro atoms. The lowest BCUT2D eigenvalue weighted by Gasteiger charge is -2.32. The Balaban J connectivity index is 2.00. The highest BCUT2D eigenvalue weighted by molar-refractivity contribution is 7.99. The summed E-state index contributed by atoms with van der Waals surface area (Å²) in [6, 6.07) is 0. The van der Waals surface area contributed by atoms with E-state index in [-0.39, 0.29) is 12.1 Å². The summed E-state index contributed by atoms with van der Waals surface area (Å²) < 4.78 is 1.91. The van der Waals surface area contributed by atoms with Gasteiger partial charge in [-0.05, 0) is 25.3 Å². The SMILES string of the molecule is CCNC(CO)(CSc1nncn1C)C1CC1. The average molecular weight is 256 g/mol. The Bertz CT molecular complexity index is 366. The summed E-state index contributed by atoms with van der Waals surface area (Å²) in [6.45, 7) is 3.16. The topological polar surface area (TPSA) is 63.0 Å². The fourth-order valence-corrected chi connectivity index (χ4v) is 3.30. The third-order valence-electron chi connectivity index (χ3n) is 3.30. The first-order valence-electron chi connectivity index (χ1n) is 6.04. The molecule has 0 radical (unpaired) electrons. The van der Waals surface area contributed by atoms with Crippen LogP contribution in [-0.4, -0.2) is 44.3 Å². The molecule has 96 valence electrons. The Morgan fingerprint density at radius 3 is 2.88 bits per heavy atom. The summed E-state index contributed by atoms with van der Waals surface area (Å²) in [5.74, 6) is 1.45. The largest absolute Gasteiger partial charge is 0.394 e. The van der Waals surface area contributed by atoms with E-state index < -0.39 is 0 Å². The summed E-state index contributed by atoms with van der Waals surface area (Å²) in [4.78, 5) is 0. The third kappa shape index (κ3) is 2.81. The van der Waals surface area contributed by atoms with Gasteiger partial charge in [0.05, 0.1) is 12.1 Å². The molecule has 1 unspecified atom stereocenters. The number of rotatable bonds is 7.